The molecule has 0 saturated carbocycles. The minimum atomic E-state index is -4.32. The fourth-order valence-corrected chi connectivity index (χ4v) is 1.55. The summed E-state index contributed by atoms with van der Waals surface area (Å²) in [6.45, 7) is 2.24. The molecule has 3 nitrogen and oxygen atoms in total. The van der Waals surface area contributed by atoms with Crippen molar-refractivity contribution in [1.82, 2.24) is 9.97 Å². The van der Waals surface area contributed by atoms with Crippen LogP contribution in [0.4, 0.5) is 13.2 Å². The number of alkyl halides is 3. The van der Waals surface area contributed by atoms with E-state index in [9.17, 15) is 13.2 Å². The van der Waals surface area contributed by atoms with E-state index < -0.39 is 12.8 Å². The molecule has 0 bridgehead atoms. The molecule has 0 atom stereocenters. The third kappa shape index (κ3) is 4.43. The van der Waals surface area contributed by atoms with Crippen molar-refractivity contribution < 1.29 is 17.9 Å². The van der Waals surface area contributed by atoms with E-state index in [1.807, 2.05) is 13.8 Å². The topological polar surface area (TPSA) is 37.9 Å². The number of halogens is 3. The van der Waals surface area contributed by atoms with Gasteiger partial charge in [-0.2, -0.15) is 13.2 Å². The van der Waals surface area contributed by atoms with Crippen LogP contribution in [0.3, 0.4) is 0 Å². The van der Waals surface area contributed by atoms with E-state index >= 15 is 0 Å². The summed E-state index contributed by atoms with van der Waals surface area (Å²) in [5.41, 5.74) is 1.72. The Kier molecular flexibility index (Phi) is 4.64. The lowest BCUT2D eigenvalue weighted by Crippen LogP contribution is -2.17. The van der Waals surface area contributed by atoms with Crippen LogP contribution in [0.2, 0.25) is 0 Å². The van der Waals surface area contributed by atoms with Gasteiger partial charge in [0, 0.05) is 11.3 Å². The van der Waals surface area contributed by atoms with E-state index in [4.69, 9.17) is 12.2 Å². The Labute approximate surface area is 102 Å². The Morgan fingerprint density at radius 2 is 2.06 bits per heavy atom. The first-order valence-corrected chi connectivity index (χ1v) is 5.47. The van der Waals surface area contributed by atoms with Gasteiger partial charge < -0.3 is 9.72 Å². The van der Waals surface area contributed by atoms with E-state index in [0.29, 0.717) is 16.9 Å². The van der Waals surface area contributed by atoms with Gasteiger partial charge in [-0.25, -0.2) is 4.98 Å². The number of ether oxygens (including phenoxy) is 1. The van der Waals surface area contributed by atoms with Gasteiger partial charge in [-0.1, -0.05) is 19.1 Å². The molecule has 1 rings (SSSR count). The van der Waals surface area contributed by atoms with Gasteiger partial charge in [0.1, 0.15) is 23.7 Å². The third-order valence-corrected chi connectivity index (χ3v) is 2.56. The van der Waals surface area contributed by atoms with Gasteiger partial charge >= 0.3 is 6.18 Å². The van der Waals surface area contributed by atoms with E-state index in [0.717, 1.165) is 11.3 Å². The first-order chi connectivity index (χ1) is 7.83. The molecule has 1 N–H and O–H groups in total. The van der Waals surface area contributed by atoms with Gasteiger partial charge in [0.2, 0.25) is 0 Å². The SMILES string of the molecule is CCc1[nH]c(COCC(F)(F)F)nc(=S)c1C. The van der Waals surface area contributed by atoms with Crippen LogP contribution in [-0.4, -0.2) is 22.8 Å². The second kappa shape index (κ2) is 5.59. The Hall–Kier alpha value is -0.950. The molecular weight excluding hydrogens is 253 g/mol. The summed E-state index contributed by atoms with van der Waals surface area (Å²) in [4.78, 5) is 6.89. The average molecular weight is 266 g/mol. The maximum atomic E-state index is 11.9. The fraction of sp³-hybridized carbons (Fsp3) is 0.600. The number of aromatic amines is 1. The zero-order chi connectivity index (χ0) is 13.1. The monoisotopic (exact) mass is 266 g/mol. The Morgan fingerprint density at radius 1 is 1.41 bits per heavy atom. The van der Waals surface area contributed by atoms with Gasteiger partial charge in [-0.15, -0.1) is 0 Å². The summed E-state index contributed by atoms with van der Waals surface area (Å²) >= 11 is 5.01. The quantitative estimate of drug-likeness (QED) is 0.851. The Bertz CT molecular complexity index is 442. The van der Waals surface area contributed by atoms with Gasteiger partial charge in [-0.3, -0.25) is 0 Å². The number of aryl methyl sites for hydroxylation is 1. The lowest BCUT2D eigenvalue weighted by atomic mass is 10.2. The number of hydrogen-bond donors (Lipinski definition) is 1. The van der Waals surface area contributed by atoms with Crippen LogP contribution in [0, 0.1) is 11.6 Å². The molecule has 0 unspecified atom stereocenters. The average Bonchev–Trinajstić information content (AvgIpc) is 2.21. The molecule has 0 fully saturated rings. The van der Waals surface area contributed by atoms with Crippen LogP contribution in [0.15, 0.2) is 0 Å². The second-order valence-corrected chi connectivity index (χ2v) is 3.94. The smallest absolute Gasteiger partial charge is 0.364 e. The minimum absolute atomic E-state index is 0.226. The summed E-state index contributed by atoms with van der Waals surface area (Å²) < 4.78 is 40.5. The van der Waals surface area contributed by atoms with Crippen LogP contribution in [0.25, 0.3) is 0 Å². The lowest BCUT2D eigenvalue weighted by molar-refractivity contribution is -0.177. The fourth-order valence-electron chi connectivity index (χ4n) is 1.32. The maximum absolute atomic E-state index is 11.9. The van der Waals surface area contributed by atoms with E-state index in [-0.39, 0.29) is 6.61 Å². The van der Waals surface area contributed by atoms with Crippen molar-refractivity contribution in [2.45, 2.75) is 33.1 Å². The number of hydrogen-bond acceptors (Lipinski definition) is 3. The molecule has 0 aromatic carbocycles. The normalized spacial score (nSPS) is 11.8. The number of rotatable bonds is 4. The van der Waals surface area contributed by atoms with Crippen molar-refractivity contribution in [3.8, 4) is 0 Å². The number of nitrogens with one attached hydrogen (secondary N) is 1. The van der Waals surface area contributed by atoms with Gasteiger partial charge in [0.15, 0.2) is 0 Å². The van der Waals surface area contributed by atoms with Crippen molar-refractivity contribution in [2.24, 2.45) is 0 Å². The van der Waals surface area contributed by atoms with Crippen molar-refractivity contribution >= 4 is 12.2 Å². The molecule has 0 radical (unpaired) electrons. The van der Waals surface area contributed by atoms with Crippen molar-refractivity contribution in [2.75, 3.05) is 6.61 Å². The van der Waals surface area contributed by atoms with Crippen molar-refractivity contribution in [1.29, 1.82) is 0 Å². The van der Waals surface area contributed by atoms with E-state index in [2.05, 4.69) is 14.7 Å². The van der Waals surface area contributed by atoms with E-state index in [1.54, 1.807) is 0 Å². The maximum Gasteiger partial charge on any atom is 0.411 e. The van der Waals surface area contributed by atoms with Crippen LogP contribution < -0.4 is 0 Å². The molecule has 0 saturated heterocycles. The summed E-state index contributed by atoms with van der Waals surface area (Å²) in [5, 5.41) is 0. The van der Waals surface area contributed by atoms with Crippen LogP contribution in [0.5, 0.6) is 0 Å². The van der Waals surface area contributed by atoms with Crippen molar-refractivity contribution in [3.05, 3.63) is 21.7 Å². The summed E-state index contributed by atoms with van der Waals surface area (Å²) in [6, 6.07) is 0. The highest BCUT2D eigenvalue weighted by atomic mass is 32.1. The molecular formula is C10H13F3N2OS. The third-order valence-electron chi connectivity index (χ3n) is 2.16. The summed E-state index contributed by atoms with van der Waals surface area (Å²) in [7, 11) is 0. The zero-order valence-corrected chi connectivity index (χ0v) is 10.3. The standard InChI is InChI=1S/C10H13F3N2OS/c1-3-7-6(2)9(17)15-8(14-7)4-16-5-10(11,12)13/h3-5H2,1-2H3,(H,14,15,17). The molecule has 0 amide bonds. The molecule has 0 aliphatic carbocycles. The highest BCUT2D eigenvalue weighted by Crippen LogP contribution is 2.15. The Balaban J connectivity index is 2.73. The first-order valence-electron chi connectivity index (χ1n) is 5.06. The highest BCUT2D eigenvalue weighted by Gasteiger charge is 2.27. The van der Waals surface area contributed by atoms with Gasteiger partial charge in [-0.05, 0) is 13.3 Å². The summed E-state index contributed by atoms with van der Waals surface area (Å²) in [6.07, 6.45) is -3.61. The molecule has 1 aromatic heterocycles. The van der Waals surface area contributed by atoms with Crippen LogP contribution in [-0.2, 0) is 17.8 Å². The van der Waals surface area contributed by atoms with E-state index in [1.165, 1.54) is 0 Å². The number of H-pyrrole nitrogens is 1. The molecule has 0 spiro atoms. The molecule has 0 aliphatic rings. The lowest BCUT2D eigenvalue weighted by Gasteiger charge is -2.09. The molecule has 17 heavy (non-hydrogen) atoms. The molecule has 0 aliphatic heterocycles. The molecule has 7 heteroatoms. The highest BCUT2D eigenvalue weighted by molar-refractivity contribution is 7.71. The largest absolute Gasteiger partial charge is 0.411 e. The van der Waals surface area contributed by atoms with Gasteiger partial charge in [0.25, 0.3) is 0 Å². The first kappa shape index (κ1) is 14.1. The summed E-state index contributed by atoms with van der Waals surface area (Å²) in [5.74, 6) is 0.321. The van der Waals surface area contributed by atoms with Crippen LogP contribution >= 0.6 is 12.2 Å². The minimum Gasteiger partial charge on any atom is -0.364 e. The van der Waals surface area contributed by atoms with Gasteiger partial charge in [0.05, 0.1) is 0 Å². The molecule has 1 heterocycles. The molecule has 96 valence electrons. The number of aromatic nitrogens is 2. The Morgan fingerprint density at radius 3 is 2.59 bits per heavy atom. The predicted octanol–water partition coefficient (Wildman–Crippen LogP) is 3.09. The second-order valence-electron chi connectivity index (χ2n) is 3.55. The predicted molar refractivity (Wildman–Crippen MR) is 59.2 cm³/mol. The van der Waals surface area contributed by atoms with Crippen LogP contribution in [0.1, 0.15) is 24.0 Å². The zero-order valence-electron chi connectivity index (χ0n) is 9.52. The molecule has 1 aromatic rings. The number of nitrogens with zero attached hydrogens (tertiary/aromatic N) is 1. The van der Waals surface area contributed by atoms with Crippen molar-refractivity contribution in [3.63, 3.8) is 0 Å².